The van der Waals surface area contributed by atoms with E-state index in [1.807, 2.05) is 0 Å². The first-order chi connectivity index (χ1) is 20.1. The number of nitrogens with zero attached hydrogens (tertiary/aromatic N) is 1. The molecule has 0 radical (unpaired) electrons. The second-order valence-corrected chi connectivity index (χ2v) is 11.5. The highest BCUT2D eigenvalue weighted by molar-refractivity contribution is 6.20. The Morgan fingerprint density at radius 1 is 0.561 bits per heavy atom. The summed E-state index contributed by atoms with van der Waals surface area (Å²) >= 11 is 0. The molecule has 1 aliphatic rings. The summed E-state index contributed by atoms with van der Waals surface area (Å²) in [5, 5.41) is 2.49. The molecule has 2 nitrogen and oxygen atoms in total. The van der Waals surface area contributed by atoms with Crippen LogP contribution in [0.15, 0.2) is 140 Å². The molecule has 0 unspecified atom stereocenters. The van der Waals surface area contributed by atoms with Gasteiger partial charge in [-0.2, -0.15) is 0 Å². The molecule has 1 heterocycles. The number of nitrogens with one attached hydrogen (secondary N) is 1. The minimum Gasteiger partial charge on any atom is -0.354 e. The van der Waals surface area contributed by atoms with E-state index in [4.69, 9.17) is 0 Å². The molecule has 0 aliphatic heterocycles. The third kappa shape index (κ3) is 3.57. The SMILES string of the molecule is CC1(C)c2ccccc2-c2c1cc(N(c1ccccc1)c1ccc(-c3ccccc3)cc1)c1c2[nH]c2ccccc21. The number of anilines is 3. The van der Waals surface area contributed by atoms with Gasteiger partial charge in [-0.15, -0.1) is 0 Å². The van der Waals surface area contributed by atoms with E-state index in [9.17, 15) is 0 Å². The maximum atomic E-state index is 3.86. The van der Waals surface area contributed by atoms with Gasteiger partial charge in [0.1, 0.15) is 0 Å². The first-order valence-corrected chi connectivity index (χ1v) is 14.3. The summed E-state index contributed by atoms with van der Waals surface area (Å²) in [6.07, 6.45) is 0. The zero-order valence-electron chi connectivity index (χ0n) is 23.2. The lowest BCUT2D eigenvalue weighted by molar-refractivity contribution is 0.661. The molecule has 8 rings (SSSR count). The number of rotatable bonds is 4. The van der Waals surface area contributed by atoms with Crippen molar-refractivity contribution in [2.24, 2.45) is 0 Å². The minimum absolute atomic E-state index is 0.119. The van der Waals surface area contributed by atoms with Crippen LogP contribution in [0.3, 0.4) is 0 Å². The van der Waals surface area contributed by atoms with Crippen LogP contribution in [-0.2, 0) is 5.41 Å². The van der Waals surface area contributed by atoms with Crippen LogP contribution < -0.4 is 4.90 Å². The predicted octanol–water partition coefficient (Wildman–Crippen LogP) is 10.8. The first kappa shape index (κ1) is 23.8. The Hall–Kier alpha value is -5.08. The normalized spacial score (nSPS) is 13.3. The van der Waals surface area contributed by atoms with Gasteiger partial charge in [0, 0.05) is 38.6 Å². The second-order valence-electron chi connectivity index (χ2n) is 11.5. The maximum Gasteiger partial charge on any atom is 0.0569 e. The second kappa shape index (κ2) is 8.97. The van der Waals surface area contributed by atoms with Crippen molar-refractivity contribution >= 4 is 38.9 Å². The molecule has 6 aromatic carbocycles. The van der Waals surface area contributed by atoms with Gasteiger partial charge in [0.15, 0.2) is 0 Å². The van der Waals surface area contributed by atoms with Gasteiger partial charge < -0.3 is 9.88 Å². The van der Waals surface area contributed by atoms with Gasteiger partial charge in [0.2, 0.25) is 0 Å². The fraction of sp³-hybridized carbons (Fsp3) is 0.0769. The van der Waals surface area contributed by atoms with E-state index in [0.717, 1.165) is 16.9 Å². The smallest absolute Gasteiger partial charge is 0.0569 e. The molecular weight excluding hydrogens is 496 g/mol. The molecule has 0 atom stereocenters. The molecule has 196 valence electrons. The minimum atomic E-state index is -0.119. The Morgan fingerprint density at radius 3 is 1.95 bits per heavy atom. The van der Waals surface area contributed by atoms with Gasteiger partial charge in [0.05, 0.1) is 11.2 Å². The van der Waals surface area contributed by atoms with Crippen LogP contribution in [0.4, 0.5) is 17.1 Å². The number of aromatic nitrogens is 1. The van der Waals surface area contributed by atoms with Crippen LogP contribution in [0.2, 0.25) is 0 Å². The van der Waals surface area contributed by atoms with Crippen LogP contribution in [0.25, 0.3) is 44.1 Å². The largest absolute Gasteiger partial charge is 0.354 e. The van der Waals surface area contributed by atoms with Crippen molar-refractivity contribution in [3.05, 3.63) is 151 Å². The summed E-state index contributed by atoms with van der Waals surface area (Å²) in [6, 6.07) is 50.4. The van der Waals surface area contributed by atoms with Gasteiger partial charge in [-0.3, -0.25) is 0 Å². The molecule has 0 amide bonds. The number of H-pyrrole nitrogens is 1. The molecule has 1 aromatic heterocycles. The molecule has 0 bridgehead atoms. The topological polar surface area (TPSA) is 19.0 Å². The van der Waals surface area contributed by atoms with Crippen molar-refractivity contribution in [1.82, 2.24) is 4.98 Å². The van der Waals surface area contributed by atoms with E-state index in [2.05, 4.69) is 163 Å². The van der Waals surface area contributed by atoms with Gasteiger partial charge in [-0.1, -0.05) is 117 Å². The lowest BCUT2D eigenvalue weighted by Gasteiger charge is -2.29. The molecule has 0 fully saturated rings. The van der Waals surface area contributed by atoms with E-state index in [1.54, 1.807) is 0 Å². The number of para-hydroxylation sites is 2. The van der Waals surface area contributed by atoms with E-state index in [-0.39, 0.29) is 5.41 Å². The number of hydrogen-bond acceptors (Lipinski definition) is 1. The van der Waals surface area contributed by atoms with Crippen LogP contribution in [0.5, 0.6) is 0 Å². The molecular formula is C39H30N2. The van der Waals surface area contributed by atoms with Crippen molar-refractivity contribution in [3.63, 3.8) is 0 Å². The maximum absolute atomic E-state index is 3.86. The summed E-state index contributed by atoms with van der Waals surface area (Å²) in [4.78, 5) is 6.29. The average Bonchev–Trinajstić information content (AvgIpc) is 3.52. The molecule has 0 spiro atoms. The standard InChI is InChI=1S/C39H30N2/c1-39(2)32-19-11-9-17-30(32)36-33(39)25-35(37-31-18-10-12-20-34(31)40-38(36)37)41(28-15-7-4-8-16-28)29-23-21-27(22-24-29)26-13-5-3-6-14-26/h3-25,40H,1-2H3. The van der Waals surface area contributed by atoms with Crippen molar-refractivity contribution < 1.29 is 0 Å². The quantitative estimate of drug-likeness (QED) is 0.242. The Kier molecular flexibility index (Phi) is 5.20. The fourth-order valence-corrected chi connectivity index (χ4v) is 6.79. The highest BCUT2D eigenvalue weighted by Gasteiger charge is 2.38. The van der Waals surface area contributed by atoms with Crippen molar-refractivity contribution in [1.29, 1.82) is 0 Å². The highest BCUT2D eigenvalue weighted by Crippen LogP contribution is 2.55. The Labute approximate surface area is 240 Å². The van der Waals surface area contributed by atoms with Crippen LogP contribution in [-0.4, -0.2) is 4.98 Å². The first-order valence-electron chi connectivity index (χ1n) is 14.3. The molecule has 1 aliphatic carbocycles. The van der Waals surface area contributed by atoms with E-state index < -0.39 is 0 Å². The van der Waals surface area contributed by atoms with E-state index in [0.29, 0.717) is 0 Å². The summed E-state index contributed by atoms with van der Waals surface area (Å²) in [5.41, 5.74) is 13.5. The average molecular weight is 527 g/mol. The van der Waals surface area contributed by atoms with E-state index >= 15 is 0 Å². The zero-order valence-corrected chi connectivity index (χ0v) is 23.2. The molecule has 7 aromatic rings. The van der Waals surface area contributed by atoms with Gasteiger partial charge in [0.25, 0.3) is 0 Å². The lowest BCUT2D eigenvalue weighted by atomic mass is 9.82. The van der Waals surface area contributed by atoms with Crippen molar-refractivity contribution in [3.8, 4) is 22.3 Å². The van der Waals surface area contributed by atoms with Gasteiger partial charge in [-0.05, 0) is 64.2 Å². The molecule has 0 saturated carbocycles. The van der Waals surface area contributed by atoms with Crippen LogP contribution in [0, 0.1) is 0 Å². The molecule has 41 heavy (non-hydrogen) atoms. The third-order valence-corrected chi connectivity index (χ3v) is 8.79. The Morgan fingerprint density at radius 2 is 1.17 bits per heavy atom. The lowest BCUT2D eigenvalue weighted by Crippen LogP contribution is -2.17. The van der Waals surface area contributed by atoms with Crippen molar-refractivity contribution in [2.75, 3.05) is 4.90 Å². The Bertz CT molecular complexity index is 2050. The van der Waals surface area contributed by atoms with Gasteiger partial charge in [-0.25, -0.2) is 0 Å². The predicted molar refractivity (Wildman–Crippen MR) is 173 cm³/mol. The summed E-state index contributed by atoms with van der Waals surface area (Å²) < 4.78 is 0. The van der Waals surface area contributed by atoms with Crippen LogP contribution in [0.1, 0.15) is 25.0 Å². The number of benzene rings is 6. The molecule has 0 saturated heterocycles. The monoisotopic (exact) mass is 526 g/mol. The Balaban J connectivity index is 1.44. The fourth-order valence-electron chi connectivity index (χ4n) is 6.79. The molecule has 2 heteroatoms. The number of aromatic amines is 1. The summed E-state index contributed by atoms with van der Waals surface area (Å²) in [7, 11) is 0. The van der Waals surface area contributed by atoms with Gasteiger partial charge >= 0.3 is 0 Å². The summed E-state index contributed by atoms with van der Waals surface area (Å²) in [5.74, 6) is 0. The number of fused-ring (bicyclic) bond motifs is 7. The zero-order chi connectivity index (χ0) is 27.6. The third-order valence-electron chi connectivity index (χ3n) is 8.79. The van der Waals surface area contributed by atoms with E-state index in [1.165, 1.54) is 55.4 Å². The number of hydrogen-bond donors (Lipinski definition) is 1. The highest BCUT2D eigenvalue weighted by atomic mass is 15.1. The van der Waals surface area contributed by atoms with Crippen LogP contribution >= 0.6 is 0 Å². The molecule has 1 N–H and O–H groups in total. The summed E-state index contributed by atoms with van der Waals surface area (Å²) in [6.45, 7) is 4.72. The van der Waals surface area contributed by atoms with Crippen molar-refractivity contribution in [2.45, 2.75) is 19.3 Å².